The summed E-state index contributed by atoms with van der Waals surface area (Å²) in [5.41, 5.74) is 0.574. The molecule has 4 atom stereocenters. The van der Waals surface area contributed by atoms with Gasteiger partial charge in [0.1, 0.15) is 11.8 Å². The molecule has 3 rings (SSSR count). The number of aliphatic hydroxyl groups excluding tert-OH is 1. The first kappa shape index (κ1) is 12.7. The van der Waals surface area contributed by atoms with Crippen LogP contribution in [0, 0.1) is 0 Å². The second kappa shape index (κ2) is 4.65. The Balaban J connectivity index is 1.71. The summed E-state index contributed by atoms with van der Waals surface area (Å²) < 4.78 is 7.42. The van der Waals surface area contributed by atoms with Crippen LogP contribution in [-0.4, -0.2) is 51.9 Å². The van der Waals surface area contributed by atoms with Crippen LogP contribution >= 0.6 is 0 Å². The van der Waals surface area contributed by atoms with Crippen LogP contribution in [0.5, 0.6) is 0 Å². The van der Waals surface area contributed by atoms with Crippen molar-refractivity contribution >= 4 is 5.97 Å². The van der Waals surface area contributed by atoms with Crippen molar-refractivity contribution in [1.29, 1.82) is 0 Å². The predicted octanol–water partition coefficient (Wildman–Crippen LogP) is 0.778. The molecule has 5 nitrogen and oxygen atoms in total. The van der Waals surface area contributed by atoms with E-state index in [1.165, 1.54) is 0 Å². The molecule has 0 aliphatic carbocycles. The molecule has 0 aromatic carbocycles. The third kappa shape index (κ3) is 2.17. The molecule has 0 amide bonds. The van der Waals surface area contributed by atoms with E-state index in [4.69, 9.17) is 4.74 Å². The van der Waals surface area contributed by atoms with Crippen LogP contribution in [-0.2, 0) is 11.8 Å². The lowest BCUT2D eigenvalue weighted by Gasteiger charge is -2.34. The van der Waals surface area contributed by atoms with Gasteiger partial charge in [-0.1, -0.05) is 0 Å². The lowest BCUT2D eigenvalue weighted by molar-refractivity contribution is 0.00270. The van der Waals surface area contributed by atoms with Gasteiger partial charge >= 0.3 is 5.97 Å². The zero-order valence-corrected chi connectivity index (χ0v) is 11.3. The number of aryl methyl sites for hydroxylation is 1. The van der Waals surface area contributed by atoms with Crippen molar-refractivity contribution in [2.45, 2.75) is 43.6 Å². The van der Waals surface area contributed by atoms with Gasteiger partial charge in [0.05, 0.1) is 6.10 Å². The van der Waals surface area contributed by atoms with Crippen LogP contribution in [0.2, 0.25) is 0 Å². The van der Waals surface area contributed by atoms with Crippen LogP contribution in [0.25, 0.3) is 0 Å². The highest BCUT2D eigenvalue weighted by atomic mass is 16.5. The number of hydrogen-bond acceptors (Lipinski definition) is 4. The normalized spacial score (nSPS) is 34.5. The van der Waals surface area contributed by atoms with Gasteiger partial charge < -0.3 is 14.4 Å². The molecule has 4 unspecified atom stereocenters. The van der Waals surface area contributed by atoms with E-state index < -0.39 is 0 Å². The Bertz CT molecular complexity index is 485. The topological polar surface area (TPSA) is 54.7 Å². The minimum atomic E-state index is -0.270. The quantitative estimate of drug-likeness (QED) is 0.802. The van der Waals surface area contributed by atoms with Crippen LogP contribution in [0.3, 0.4) is 0 Å². The van der Waals surface area contributed by atoms with E-state index in [1.807, 2.05) is 19.3 Å². The maximum absolute atomic E-state index is 12.1. The largest absolute Gasteiger partial charge is 0.456 e. The highest BCUT2D eigenvalue weighted by molar-refractivity contribution is 5.87. The van der Waals surface area contributed by atoms with Gasteiger partial charge in [-0.15, -0.1) is 0 Å². The molecular formula is C14H20N2O3. The van der Waals surface area contributed by atoms with E-state index in [0.29, 0.717) is 18.2 Å². The molecule has 1 aromatic heterocycles. The molecule has 2 bridgehead atoms. The number of fused-ring (bicyclic) bond motifs is 2. The Hall–Kier alpha value is -1.33. The van der Waals surface area contributed by atoms with E-state index in [-0.39, 0.29) is 24.2 Å². The number of aliphatic hydroxyl groups is 1. The first-order chi connectivity index (χ1) is 9.06. The van der Waals surface area contributed by atoms with Crippen LogP contribution in [0.4, 0.5) is 0 Å². The Morgan fingerprint density at radius 1 is 1.37 bits per heavy atom. The zero-order chi connectivity index (χ0) is 13.6. The highest BCUT2D eigenvalue weighted by Gasteiger charge is 2.46. The summed E-state index contributed by atoms with van der Waals surface area (Å²) >= 11 is 0. The number of carbonyl (C=O) groups is 1. The third-order valence-corrected chi connectivity index (χ3v) is 4.50. The minimum Gasteiger partial charge on any atom is -0.456 e. The Morgan fingerprint density at radius 2 is 2.16 bits per heavy atom. The molecule has 19 heavy (non-hydrogen) atoms. The Kier molecular flexibility index (Phi) is 3.11. The molecule has 0 saturated carbocycles. The summed E-state index contributed by atoms with van der Waals surface area (Å²) in [5.74, 6) is -0.270. The smallest absolute Gasteiger partial charge is 0.355 e. The van der Waals surface area contributed by atoms with Crippen LogP contribution in [0.15, 0.2) is 18.3 Å². The molecule has 2 aliphatic heterocycles. The summed E-state index contributed by atoms with van der Waals surface area (Å²) in [6.07, 6.45) is 3.77. The molecule has 104 valence electrons. The molecule has 5 heteroatoms. The van der Waals surface area contributed by atoms with Gasteiger partial charge in [0, 0.05) is 31.7 Å². The molecule has 2 saturated heterocycles. The molecule has 0 spiro atoms. The van der Waals surface area contributed by atoms with E-state index >= 15 is 0 Å². The average molecular weight is 264 g/mol. The predicted molar refractivity (Wildman–Crippen MR) is 69.8 cm³/mol. The van der Waals surface area contributed by atoms with Crippen molar-refractivity contribution in [3.63, 3.8) is 0 Å². The number of aromatic nitrogens is 1. The van der Waals surface area contributed by atoms with Gasteiger partial charge in [-0.25, -0.2) is 4.79 Å². The van der Waals surface area contributed by atoms with Crippen molar-refractivity contribution in [2.75, 3.05) is 7.05 Å². The van der Waals surface area contributed by atoms with Crippen molar-refractivity contribution in [3.8, 4) is 0 Å². The number of rotatable bonds is 2. The average Bonchev–Trinajstić information content (AvgIpc) is 2.83. The first-order valence-corrected chi connectivity index (χ1v) is 6.78. The van der Waals surface area contributed by atoms with Crippen LogP contribution < -0.4 is 0 Å². The maximum atomic E-state index is 12.1. The summed E-state index contributed by atoms with van der Waals surface area (Å²) in [6, 6.07) is 4.08. The minimum absolute atomic E-state index is 0.102. The fourth-order valence-corrected chi connectivity index (χ4v) is 3.39. The zero-order valence-electron chi connectivity index (χ0n) is 11.3. The van der Waals surface area contributed by atoms with E-state index in [9.17, 15) is 9.90 Å². The number of ether oxygens (including phenoxy) is 1. The van der Waals surface area contributed by atoms with E-state index in [2.05, 4.69) is 11.9 Å². The summed E-state index contributed by atoms with van der Waals surface area (Å²) in [5, 5.41) is 9.82. The number of piperidine rings is 1. The van der Waals surface area contributed by atoms with Gasteiger partial charge in [-0.2, -0.15) is 0 Å². The second-order valence-electron chi connectivity index (χ2n) is 5.70. The fourth-order valence-electron chi connectivity index (χ4n) is 3.39. The molecule has 2 fully saturated rings. The Labute approximate surface area is 112 Å². The molecule has 0 radical (unpaired) electrons. The molecule has 1 aromatic rings. The first-order valence-electron chi connectivity index (χ1n) is 6.78. The van der Waals surface area contributed by atoms with Crippen molar-refractivity contribution in [1.82, 2.24) is 9.47 Å². The summed E-state index contributed by atoms with van der Waals surface area (Å²) in [7, 11) is 3.89. The number of likely N-dealkylation sites (N-methyl/N-ethyl adjacent to an activating group) is 1. The monoisotopic (exact) mass is 264 g/mol. The molecule has 3 heterocycles. The van der Waals surface area contributed by atoms with Crippen molar-refractivity contribution < 1.29 is 14.6 Å². The van der Waals surface area contributed by atoms with Crippen molar-refractivity contribution in [2.24, 2.45) is 7.05 Å². The lowest BCUT2D eigenvalue weighted by Crippen LogP contribution is -2.44. The van der Waals surface area contributed by atoms with Gasteiger partial charge in [-0.05, 0) is 32.0 Å². The molecule has 2 aliphatic rings. The van der Waals surface area contributed by atoms with Gasteiger partial charge in [-0.3, -0.25) is 4.90 Å². The number of nitrogens with zero attached hydrogens (tertiary/aromatic N) is 2. The standard InChI is InChI=1S/C14H20N2O3/c1-15-5-3-4-11(15)14(18)19-13-7-9-6-10(17)8-12(13)16(9)2/h3-5,9-10,12-13,17H,6-8H2,1-2H3. The van der Waals surface area contributed by atoms with Gasteiger partial charge in [0.2, 0.25) is 0 Å². The molecule has 1 N–H and O–H groups in total. The SMILES string of the molecule is CN1C2CC(O)CC1C(OC(=O)c1cccn1C)C2. The van der Waals surface area contributed by atoms with Crippen molar-refractivity contribution in [3.05, 3.63) is 24.0 Å². The van der Waals surface area contributed by atoms with Gasteiger partial charge in [0.15, 0.2) is 0 Å². The highest BCUT2D eigenvalue weighted by Crippen LogP contribution is 2.36. The number of hydrogen-bond donors (Lipinski definition) is 1. The second-order valence-corrected chi connectivity index (χ2v) is 5.70. The van der Waals surface area contributed by atoms with E-state index in [0.717, 1.165) is 12.8 Å². The lowest BCUT2D eigenvalue weighted by atomic mass is 10.0. The number of esters is 1. The molecular weight excluding hydrogens is 244 g/mol. The summed E-state index contributed by atoms with van der Waals surface area (Å²) in [4.78, 5) is 14.4. The van der Waals surface area contributed by atoms with Gasteiger partial charge in [0.25, 0.3) is 0 Å². The Morgan fingerprint density at radius 3 is 2.84 bits per heavy atom. The summed E-state index contributed by atoms with van der Waals surface area (Å²) in [6.45, 7) is 0. The third-order valence-electron chi connectivity index (χ3n) is 4.50. The fraction of sp³-hybridized carbons (Fsp3) is 0.643. The number of carbonyl (C=O) groups excluding carboxylic acids is 1. The maximum Gasteiger partial charge on any atom is 0.355 e. The van der Waals surface area contributed by atoms with Crippen LogP contribution in [0.1, 0.15) is 29.8 Å². The van der Waals surface area contributed by atoms with E-state index in [1.54, 1.807) is 10.6 Å².